The first kappa shape index (κ1) is 14.0. The Bertz CT molecular complexity index is 683. The molecule has 0 N–H and O–H groups in total. The van der Waals surface area contributed by atoms with Crippen LogP contribution in [0.2, 0.25) is 0 Å². The van der Waals surface area contributed by atoms with Crippen molar-refractivity contribution < 1.29 is 9.18 Å². The number of rotatable bonds is 3. The lowest BCUT2D eigenvalue weighted by Crippen LogP contribution is -2.12. The third-order valence-corrected chi connectivity index (χ3v) is 3.26. The van der Waals surface area contributed by atoms with E-state index < -0.39 is 5.92 Å². The third kappa shape index (κ3) is 2.75. The molecule has 0 heterocycles. The monoisotopic (exact) mass is 267 g/mol. The number of aryl methyl sites for hydroxylation is 2. The van der Waals surface area contributed by atoms with Crippen LogP contribution < -0.4 is 0 Å². The minimum absolute atomic E-state index is 0.297. The first-order valence-electron chi connectivity index (χ1n) is 6.29. The number of nitriles is 1. The highest BCUT2D eigenvalue weighted by Gasteiger charge is 2.23. The molecule has 0 aliphatic carbocycles. The van der Waals surface area contributed by atoms with Gasteiger partial charge in [0.05, 0.1) is 6.07 Å². The second-order valence-corrected chi connectivity index (χ2v) is 4.80. The summed E-state index contributed by atoms with van der Waals surface area (Å²) in [7, 11) is 0. The molecular formula is C17H14FNO. The van der Waals surface area contributed by atoms with Crippen LogP contribution in [-0.4, -0.2) is 5.78 Å². The van der Waals surface area contributed by atoms with E-state index in [-0.39, 0.29) is 11.6 Å². The van der Waals surface area contributed by atoms with E-state index in [1.165, 1.54) is 18.2 Å². The molecule has 0 aromatic heterocycles. The van der Waals surface area contributed by atoms with Crippen LogP contribution >= 0.6 is 0 Å². The lowest BCUT2D eigenvalue weighted by molar-refractivity contribution is 0.0978. The van der Waals surface area contributed by atoms with Crippen LogP contribution in [0.3, 0.4) is 0 Å². The Hall–Kier alpha value is -2.47. The van der Waals surface area contributed by atoms with Crippen LogP contribution in [0.25, 0.3) is 0 Å². The van der Waals surface area contributed by atoms with Crippen LogP contribution in [-0.2, 0) is 0 Å². The third-order valence-electron chi connectivity index (χ3n) is 3.26. The molecule has 0 saturated carbocycles. The van der Waals surface area contributed by atoms with E-state index in [1.807, 2.05) is 25.1 Å². The molecule has 0 bridgehead atoms. The van der Waals surface area contributed by atoms with Gasteiger partial charge in [-0.1, -0.05) is 29.8 Å². The normalized spacial score (nSPS) is 11.7. The highest BCUT2D eigenvalue weighted by molar-refractivity contribution is 6.03. The molecule has 1 unspecified atom stereocenters. The van der Waals surface area contributed by atoms with E-state index in [2.05, 4.69) is 0 Å². The van der Waals surface area contributed by atoms with Gasteiger partial charge in [0.2, 0.25) is 0 Å². The van der Waals surface area contributed by atoms with Crippen LogP contribution in [0.1, 0.15) is 33.0 Å². The average Bonchev–Trinajstić information content (AvgIpc) is 2.41. The van der Waals surface area contributed by atoms with Gasteiger partial charge in [0.1, 0.15) is 11.7 Å². The number of hydrogen-bond acceptors (Lipinski definition) is 2. The number of halogens is 1. The molecule has 100 valence electrons. The number of carbonyl (C=O) groups excluding carboxylic acids is 1. The van der Waals surface area contributed by atoms with Crippen molar-refractivity contribution in [1.29, 1.82) is 5.26 Å². The van der Waals surface area contributed by atoms with E-state index >= 15 is 0 Å². The lowest BCUT2D eigenvalue weighted by Gasteiger charge is -2.11. The molecule has 0 fully saturated rings. The molecule has 0 aliphatic rings. The Morgan fingerprint density at radius 2 is 1.80 bits per heavy atom. The summed E-state index contributed by atoms with van der Waals surface area (Å²) >= 11 is 0. The Kier molecular flexibility index (Phi) is 3.95. The summed E-state index contributed by atoms with van der Waals surface area (Å²) in [5.41, 5.74) is 2.66. The van der Waals surface area contributed by atoms with Crippen LogP contribution in [0.5, 0.6) is 0 Å². The molecule has 0 radical (unpaired) electrons. The zero-order valence-electron chi connectivity index (χ0n) is 11.4. The molecule has 0 amide bonds. The van der Waals surface area contributed by atoms with Gasteiger partial charge in [0.25, 0.3) is 0 Å². The maximum atomic E-state index is 13.1. The maximum absolute atomic E-state index is 13.1. The molecular weight excluding hydrogens is 253 g/mol. The number of ketones is 1. The summed E-state index contributed by atoms with van der Waals surface area (Å²) in [4.78, 5) is 12.4. The molecule has 2 aromatic rings. The molecule has 2 rings (SSSR count). The molecule has 0 aliphatic heterocycles. The minimum Gasteiger partial charge on any atom is -0.292 e. The first-order valence-corrected chi connectivity index (χ1v) is 6.29. The van der Waals surface area contributed by atoms with E-state index in [1.54, 1.807) is 19.1 Å². The van der Waals surface area contributed by atoms with Gasteiger partial charge >= 0.3 is 0 Å². The summed E-state index contributed by atoms with van der Waals surface area (Å²) in [5.74, 6) is -1.54. The van der Waals surface area contributed by atoms with Crippen LogP contribution in [0.4, 0.5) is 4.39 Å². The quantitative estimate of drug-likeness (QED) is 0.790. The first-order chi connectivity index (χ1) is 9.52. The number of benzene rings is 2. The van der Waals surface area contributed by atoms with Crippen molar-refractivity contribution in [1.82, 2.24) is 0 Å². The van der Waals surface area contributed by atoms with Gasteiger partial charge in [-0.05, 0) is 43.2 Å². The van der Waals surface area contributed by atoms with Gasteiger partial charge in [0.15, 0.2) is 5.78 Å². The molecule has 2 nitrogen and oxygen atoms in total. The van der Waals surface area contributed by atoms with Crippen LogP contribution in [0, 0.1) is 31.0 Å². The second kappa shape index (κ2) is 5.66. The predicted octanol–water partition coefficient (Wildman–Crippen LogP) is 3.93. The van der Waals surface area contributed by atoms with Crippen molar-refractivity contribution in [2.45, 2.75) is 19.8 Å². The molecule has 20 heavy (non-hydrogen) atoms. The molecule has 3 heteroatoms. The van der Waals surface area contributed by atoms with E-state index in [0.717, 1.165) is 5.56 Å². The lowest BCUT2D eigenvalue weighted by atomic mass is 9.89. The summed E-state index contributed by atoms with van der Waals surface area (Å²) in [6.07, 6.45) is 0. The fourth-order valence-corrected chi connectivity index (χ4v) is 2.10. The van der Waals surface area contributed by atoms with Crippen molar-refractivity contribution in [3.05, 3.63) is 70.5 Å². The summed E-state index contributed by atoms with van der Waals surface area (Å²) in [6, 6.07) is 13.3. The van der Waals surface area contributed by atoms with Gasteiger partial charge in [-0.2, -0.15) is 5.26 Å². The Morgan fingerprint density at radius 1 is 1.15 bits per heavy atom. The average molecular weight is 267 g/mol. The van der Waals surface area contributed by atoms with E-state index in [0.29, 0.717) is 16.7 Å². The molecule has 1 atom stereocenters. The van der Waals surface area contributed by atoms with Crippen molar-refractivity contribution >= 4 is 5.78 Å². The van der Waals surface area contributed by atoms with E-state index in [4.69, 9.17) is 0 Å². The van der Waals surface area contributed by atoms with Gasteiger partial charge in [-0.25, -0.2) is 4.39 Å². The standard InChI is InChI=1S/C17H14FNO/c1-11-3-5-13(6-4-11)16(10-19)17(20)15-8-7-14(18)9-12(15)2/h3-9,16H,1-2H3. The molecule has 2 aromatic carbocycles. The zero-order valence-corrected chi connectivity index (χ0v) is 11.4. The van der Waals surface area contributed by atoms with Crippen molar-refractivity contribution in [3.63, 3.8) is 0 Å². The number of Topliss-reactive ketones (excluding diaryl/α,β-unsaturated/α-hetero) is 1. The minimum atomic E-state index is -0.861. The smallest absolute Gasteiger partial charge is 0.184 e. The number of hydrogen-bond donors (Lipinski definition) is 0. The topological polar surface area (TPSA) is 40.9 Å². The fraction of sp³-hybridized carbons (Fsp3) is 0.176. The predicted molar refractivity (Wildman–Crippen MR) is 75.0 cm³/mol. The Morgan fingerprint density at radius 3 is 2.35 bits per heavy atom. The van der Waals surface area contributed by atoms with Crippen molar-refractivity contribution in [2.24, 2.45) is 0 Å². The highest BCUT2D eigenvalue weighted by Crippen LogP contribution is 2.23. The van der Waals surface area contributed by atoms with Crippen molar-refractivity contribution in [2.75, 3.05) is 0 Å². The Balaban J connectivity index is 2.39. The molecule has 0 saturated heterocycles. The van der Waals surface area contributed by atoms with E-state index in [9.17, 15) is 14.4 Å². The molecule has 0 spiro atoms. The van der Waals surface area contributed by atoms with Gasteiger partial charge in [-0.3, -0.25) is 4.79 Å². The SMILES string of the molecule is Cc1ccc(C(C#N)C(=O)c2ccc(F)cc2C)cc1. The number of carbonyl (C=O) groups is 1. The summed E-state index contributed by atoms with van der Waals surface area (Å²) < 4.78 is 13.1. The van der Waals surface area contributed by atoms with Crippen molar-refractivity contribution in [3.8, 4) is 6.07 Å². The van der Waals surface area contributed by atoms with Crippen LogP contribution in [0.15, 0.2) is 42.5 Å². The summed E-state index contributed by atoms with van der Waals surface area (Å²) in [6.45, 7) is 3.61. The second-order valence-electron chi connectivity index (χ2n) is 4.80. The highest BCUT2D eigenvalue weighted by atomic mass is 19.1. The zero-order chi connectivity index (χ0) is 14.7. The summed E-state index contributed by atoms with van der Waals surface area (Å²) in [5, 5.41) is 9.28. The largest absolute Gasteiger partial charge is 0.292 e. The fourth-order valence-electron chi connectivity index (χ4n) is 2.10. The Labute approximate surface area is 117 Å². The maximum Gasteiger partial charge on any atom is 0.184 e. The number of nitrogens with zero attached hydrogens (tertiary/aromatic N) is 1. The van der Waals surface area contributed by atoms with Gasteiger partial charge in [-0.15, -0.1) is 0 Å². The van der Waals surface area contributed by atoms with Gasteiger partial charge in [0, 0.05) is 5.56 Å². The van der Waals surface area contributed by atoms with Gasteiger partial charge < -0.3 is 0 Å².